The Morgan fingerprint density at radius 3 is 2.27 bits per heavy atom. The number of hydrogen-bond acceptors (Lipinski definition) is 3. The molecule has 0 spiro atoms. The van der Waals surface area contributed by atoms with Gasteiger partial charge in [0.05, 0.1) is 18.0 Å². The maximum atomic E-state index is 2.58. The van der Waals surface area contributed by atoms with Gasteiger partial charge in [-0.1, -0.05) is 59.8 Å². The Bertz CT molecular complexity index is 863. The zero-order valence-corrected chi connectivity index (χ0v) is 17.1. The second-order valence-electron chi connectivity index (χ2n) is 6.81. The van der Waals surface area contributed by atoms with Gasteiger partial charge in [0, 0.05) is 0 Å². The molecule has 0 radical (unpaired) electrons. The monoisotopic (exact) mass is 381 g/mol. The molecule has 1 aliphatic rings. The zero-order valence-electron chi connectivity index (χ0n) is 15.4. The van der Waals surface area contributed by atoms with Crippen LogP contribution in [-0.2, 0) is 0 Å². The predicted molar refractivity (Wildman–Crippen MR) is 114 cm³/mol. The molecule has 0 bridgehead atoms. The molecule has 26 heavy (non-hydrogen) atoms. The van der Waals surface area contributed by atoms with Crippen molar-refractivity contribution in [1.29, 1.82) is 0 Å². The number of thiazole rings is 1. The average Bonchev–Trinajstić information content (AvgIpc) is 3.09. The van der Waals surface area contributed by atoms with Crippen LogP contribution < -0.4 is 9.47 Å². The first-order valence-electron chi connectivity index (χ1n) is 9.28. The van der Waals surface area contributed by atoms with E-state index >= 15 is 0 Å². The van der Waals surface area contributed by atoms with E-state index in [1.54, 1.807) is 0 Å². The summed E-state index contributed by atoms with van der Waals surface area (Å²) < 4.78 is 2.47. The second kappa shape index (κ2) is 7.85. The maximum absolute atomic E-state index is 2.58. The number of aromatic nitrogens is 1. The first-order chi connectivity index (χ1) is 12.8. The third-order valence-corrected chi connectivity index (χ3v) is 7.09. The smallest absolute Gasteiger partial charge is 0.252 e. The summed E-state index contributed by atoms with van der Waals surface area (Å²) in [5, 5.41) is 2.71. The molecule has 1 aromatic heterocycles. The molecule has 0 saturated carbocycles. The van der Waals surface area contributed by atoms with Gasteiger partial charge in [-0.3, -0.25) is 4.90 Å². The van der Waals surface area contributed by atoms with Gasteiger partial charge in [-0.05, 0) is 61.5 Å². The molecule has 1 saturated heterocycles. The van der Waals surface area contributed by atoms with E-state index in [0.717, 1.165) is 13.1 Å². The van der Waals surface area contributed by atoms with Crippen LogP contribution in [0.4, 0.5) is 5.13 Å². The van der Waals surface area contributed by atoms with Crippen molar-refractivity contribution in [3.8, 4) is 16.1 Å². The third kappa shape index (κ3) is 3.40. The lowest BCUT2D eigenvalue weighted by Gasteiger charge is -2.21. The van der Waals surface area contributed by atoms with E-state index in [9.17, 15) is 0 Å². The standard InChI is InChI=1S/C22H25N2S2/c1-17-11-13-18(14-12-17)20-21(25-2)24(19-9-5-3-6-10-19)22(26-20)23-15-7-4-8-16-23/h3,5-6,9-14H,4,7-8,15-16H2,1-2H3/q+1. The number of hydrogen-bond donors (Lipinski definition) is 0. The quantitative estimate of drug-likeness (QED) is 0.422. The Morgan fingerprint density at radius 1 is 0.923 bits per heavy atom. The SMILES string of the molecule is CSc1c(-c2ccc(C)cc2)sc(N2CCCCC2)[n+]1-c1ccccc1. The number of nitrogens with zero attached hydrogens (tertiary/aromatic N) is 2. The van der Waals surface area contributed by atoms with Gasteiger partial charge in [-0.2, -0.15) is 4.57 Å². The molecule has 2 heterocycles. The number of thioether (sulfide) groups is 1. The van der Waals surface area contributed by atoms with E-state index in [-0.39, 0.29) is 0 Å². The molecule has 0 amide bonds. The van der Waals surface area contributed by atoms with Crippen molar-refractivity contribution in [1.82, 2.24) is 0 Å². The second-order valence-corrected chi connectivity index (χ2v) is 8.58. The van der Waals surface area contributed by atoms with E-state index in [1.807, 2.05) is 23.1 Å². The van der Waals surface area contributed by atoms with Crippen LogP contribution in [0.3, 0.4) is 0 Å². The summed E-state index contributed by atoms with van der Waals surface area (Å²) in [5.41, 5.74) is 3.88. The van der Waals surface area contributed by atoms with Crippen molar-refractivity contribution in [3.05, 3.63) is 60.2 Å². The highest BCUT2D eigenvalue weighted by atomic mass is 32.2. The summed E-state index contributed by atoms with van der Waals surface area (Å²) in [6.45, 7) is 4.47. The summed E-state index contributed by atoms with van der Waals surface area (Å²) >= 11 is 3.79. The van der Waals surface area contributed by atoms with Gasteiger partial charge >= 0.3 is 5.13 Å². The molecule has 0 unspecified atom stereocenters. The molecule has 2 nitrogen and oxygen atoms in total. The summed E-state index contributed by atoms with van der Waals surface area (Å²) in [5.74, 6) is 0. The Morgan fingerprint density at radius 2 is 1.62 bits per heavy atom. The zero-order chi connectivity index (χ0) is 17.9. The normalized spacial score (nSPS) is 14.6. The fraction of sp³-hybridized carbons (Fsp3) is 0.318. The maximum Gasteiger partial charge on any atom is 0.342 e. The van der Waals surface area contributed by atoms with Crippen LogP contribution in [0.25, 0.3) is 16.1 Å². The molecule has 4 heteroatoms. The lowest BCUT2D eigenvalue weighted by atomic mass is 10.1. The minimum atomic E-state index is 1.16. The molecular formula is C22H25N2S2+. The predicted octanol–water partition coefficient (Wildman–Crippen LogP) is 5.71. The Hall–Kier alpha value is -1.78. The van der Waals surface area contributed by atoms with Gasteiger partial charge < -0.3 is 0 Å². The first-order valence-corrected chi connectivity index (χ1v) is 11.3. The number of para-hydroxylation sites is 1. The van der Waals surface area contributed by atoms with Crippen LogP contribution >= 0.6 is 23.1 Å². The molecule has 0 atom stereocenters. The number of aryl methyl sites for hydroxylation is 1. The summed E-state index contributed by atoms with van der Waals surface area (Å²) in [6.07, 6.45) is 6.13. The van der Waals surface area contributed by atoms with Crippen molar-refractivity contribution in [2.75, 3.05) is 24.2 Å². The number of rotatable bonds is 4. The summed E-state index contributed by atoms with van der Waals surface area (Å²) in [7, 11) is 0. The highest BCUT2D eigenvalue weighted by molar-refractivity contribution is 7.98. The van der Waals surface area contributed by atoms with Crippen LogP contribution in [0.2, 0.25) is 0 Å². The van der Waals surface area contributed by atoms with E-state index in [1.165, 1.54) is 51.1 Å². The van der Waals surface area contributed by atoms with Crippen molar-refractivity contribution in [3.63, 3.8) is 0 Å². The summed E-state index contributed by atoms with van der Waals surface area (Å²) in [6, 6.07) is 19.8. The Kier molecular flexibility index (Phi) is 5.32. The van der Waals surface area contributed by atoms with E-state index in [0.29, 0.717) is 0 Å². The molecule has 0 N–H and O–H groups in total. The Labute approximate surface area is 164 Å². The van der Waals surface area contributed by atoms with Gasteiger partial charge in [0.15, 0.2) is 5.03 Å². The van der Waals surface area contributed by atoms with Crippen LogP contribution in [-0.4, -0.2) is 19.3 Å². The van der Waals surface area contributed by atoms with Crippen molar-refractivity contribution in [2.24, 2.45) is 0 Å². The van der Waals surface area contributed by atoms with Crippen LogP contribution in [0.1, 0.15) is 24.8 Å². The van der Waals surface area contributed by atoms with E-state index < -0.39 is 0 Å². The Balaban J connectivity index is 1.90. The topological polar surface area (TPSA) is 7.12 Å². The van der Waals surface area contributed by atoms with Crippen LogP contribution in [0.5, 0.6) is 0 Å². The van der Waals surface area contributed by atoms with Gasteiger partial charge in [0.25, 0.3) is 0 Å². The third-order valence-electron chi connectivity index (χ3n) is 4.93. The number of piperidine rings is 1. The van der Waals surface area contributed by atoms with Crippen molar-refractivity contribution < 1.29 is 4.57 Å². The number of anilines is 1. The highest BCUT2D eigenvalue weighted by Gasteiger charge is 2.31. The molecule has 1 fully saturated rings. The van der Waals surface area contributed by atoms with Gasteiger partial charge in [0.2, 0.25) is 0 Å². The first kappa shape index (κ1) is 17.6. The van der Waals surface area contributed by atoms with Crippen LogP contribution in [0, 0.1) is 6.92 Å². The van der Waals surface area contributed by atoms with Crippen LogP contribution in [0.15, 0.2) is 59.6 Å². The minimum Gasteiger partial charge on any atom is -0.252 e. The molecular weight excluding hydrogens is 356 g/mol. The molecule has 134 valence electrons. The molecule has 4 rings (SSSR count). The largest absolute Gasteiger partial charge is 0.342 e. The molecule has 3 aromatic rings. The van der Waals surface area contributed by atoms with Gasteiger partial charge in [-0.15, -0.1) is 0 Å². The van der Waals surface area contributed by atoms with Crippen molar-refractivity contribution in [2.45, 2.75) is 31.2 Å². The highest BCUT2D eigenvalue weighted by Crippen LogP contribution is 2.39. The fourth-order valence-corrected chi connectivity index (χ4v) is 5.86. The lowest BCUT2D eigenvalue weighted by molar-refractivity contribution is -0.617. The van der Waals surface area contributed by atoms with Gasteiger partial charge in [0.1, 0.15) is 5.69 Å². The molecule has 0 aliphatic carbocycles. The lowest BCUT2D eigenvalue weighted by Crippen LogP contribution is -2.41. The fourth-order valence-electron chi connectivity index (χ4n) is 3.54. The minimum absolute atomic E-state index is 1.16. The van der Waals surface area contributed by atoms with Crippen molar-refractivity contribution >= 4 is 28.2 Å². The molecule has 2 aromatic carbocycles. The average molecular weight is 382 g/mol. The van der Waals surface area contributed by atoms with E-state index in [4.69, 9.17) is 0 Å². The summed E-state index contributed by atoms with van der Waals surface area (Å²) in [4.78, 5) is 3.96. The molecule has 1 aliphatic heterocycles. The number of benzene rings is 2. The van der Waals surface area contributed by atoms with E-state index in [2.05, 4.69) is 77.2 Å². The van der Waals surface area contributed by atoms with Gasteiger partial charge in [-0.25, -0.2) is 0 Å².